The van der Waals surface area contributed by atoms with Crippen LogP contribution in [0.5, 0.6) is 0 Å². The van der Waals surface area contributed by atoms with Crippen molar-refractivity contribution < 1.29 is 0 Å². The number of hydrogen-bond acceptors (Lipinski definition) is 0. The third-order valence-corrected chi connectivity index (χ3v) is 2.67. The van der Waals surface area contributed by atoms with Crippen LogP contribution in [-0.2, 0) is 6.42 Å². The van der Waals surface area contributed by atoms with Gasteiger partial charge in [0.1, 0.15) is 0 Å². The van der Waals surface area contributed by atoms with Crippen molar-refractivity contribution in [1.29, 1.82) is 0 Å². The van der Waals surface area contributed by atoms with Crippen LogP contribution in [0, 0.1) is 0 Å². The Morgan fingerprint density at radius 3 is 2.38 bits per heavy atom. The van der Waals surface area contributed by atoms with E-state index >= 15 is 0 Å². The van der Waals surface area contributed by atoms with E-state index in [1.807, 2.05) is 6.08 Å². The van der Waals surface area contributed by atoms with Crippen molar-refractivity contribution in [3.05, 3.63) is 54.1 Å². The van der Waals surface area contributed by atoms with Crippen molar-refractivity contribution in [3.8, 4) is 0 Å². The van der Waals surface area contributed by atoms with Gasteiger partial charge in [-0.15, -0.1) is 0 Å². The fourth-order valence-corrected chi connectivity index (χ4v) is 1.65. The quantitative estimate of drug-likeness (QED) is 0.442. The van der Waals surface area contributed by atoms with Crippen LogP contribution in [0.4, 0.5) is 0 Å². The van der Waals surface area contributed by atoms with Crippen molar-refractivity contribution in [1.82, 2.24) is 0 Å². The SMILES string of the molecule is C=Cc1ccc(CCC/C=C/CCC)cc1. The monoisotopic (exact) mass is 214 g/mol. The van der Waals surface area contributed by atoms with E-state index in [-0.39, 0.29) is 0 Å². The molecule has 0 saturated heterocycles. The number of allylic oxidation sites excluding steroid dienone is 2. The minimum absolute atomic E-state index is 1.17. The minimum atomic E-state index is 1.17. The van der Waals surface area contributed by atoms with Crippen LogP contribution in [0.3, 0.4) is 0 Å². The lowest BCUT2D eigenvalue weighted by Crippen LogP contribution is -1.84. The van der Waals surface area contributed by atoms with Gasteiger partial charge >= 0.3 is 0 Å². The van der Waals surface area contributed by atoms with Crippen molar-refractivity contribution >= 4 is 6.08 Å². The smallest absolute Gasteiger partial charge is 0.0262 e. The van der Waals surface area contributed by atoms with E-state index in [0.29, 0.717) is 0 Å². The zero-order valence-electron chi connectivity index (χ0n) is 10.3. The Labute approximate surface area is 99.7 Å². The van der Waals surface area contributed by atoms with Crippen LogP contribution in [0.25, 0.3) is 6.08 Å². The number of unbranched alkanes of at least 4 members (excludes halogenated alkanes) is 2. The molecule has 1 aromatic carbocycles. The van der Waals surface area contributed by atoms with E-state index in [0.717, 1.165) is 0 Å². The fourth-order valence-electron chi connectivity index (χ4n) is 1.65. The van der Waals surface area contributed by atoms with Crippen molar-refractivity contribution in [2.75, 3.05) is 0 Å². The average molecular weight is 214 g/mol. The van der Waals surface area contributed by atoms with Crippen LogP contribution in [0.1, 0.15) is 43.7 Å². The number of hydrogen-bond donors (Lipinski definition) is 0. The highest BCUT2D eigenvalue weighted by molar-refractivity contribution is 5.47. The van der Waals surface area contributed by atoms with E-state index < -0.39 is 0 Å². The van der Waals surface area contributed by atoms with Gasteiger partial charge in [-0.2, -0.15) is 0 Å². The summed E-state index contributed by atoms with van der Waals surface area (Å²) in [6.07, 6.45) is 12.6. The molecule has 16 heavy (non-hydrogen) atoms. The molecule has 0 N–H and O–H groups in total. The van der Waals surface area contributed by atoms with Crippen LogP contribution in [0.2, 0.25) is 0 Å². The normalized spacial score (nSPS) is 10.8. The zero-order valence-corrected chi connectivity index (χ0v) is 10.3. The molecule has 0 aliphatic carbocycles. The van der Waals surface area contributed by atoms with Crippen LogP contribution in [0.15, 0.2) is 43.0 Å². The van der Waals surface area contributed by atoms with Gasteiger partial charge in [-0.1, -0.05) is 62.4 Å². The molecule has 1 aromatic rings. The molecule has 0 nitrogen and oxygen atoms in total. The fraction of sp³-hybridized carbons (Fsp3) is 0.375. The van der Waals surface area contributed by atoms with Gasteiger partial charge in [0.05, 0.1) is 0 Å². The molecule has 0 spiro atoms. The summed E-state index contributed by atoms with van der Waals surface area (Å²) in [5, 5.41) is 0. The molecule has 0 aliphatic rings. The molecular formula is C16H22. The Kier molecular flexibility index (Phi) is 6.32. The Morgan fingerprint density at radius 1 is 1.06 bits per heavy atom. The van der Waals surface area contributed by atoms with Gasteiger partial charge in [-0.05, 0) is 36.8 Å². The Hall–Kier alpha value is -1.30. The third-order valence-electron chi connectivity index (χ3n) is 2.67. The molecule has 0 heteroatoms. The molecule has 0 atom stereocenters. The van der Waals surface area contributed by atoms with Crippen molar-refractivity contribution in [2.24, 2.45) is 0 Å². The molecular weight excluding hydrogens is 192 g/mol. The summed E-state index contributed by atoms with van der Waals surface area (Å²) in [6, 6.07) is 8.67. The van der Waals surface area contributed by atoms with Gasteiger partial charge in [0.15, 0.2) is 0 Å². The highest BCUT2D eigenvalue weighted by atomic mass is 14.0. The maximum absolute atomic E-state index is 3.76. The standard InChI is InChI=1S/C16H22/c1-3-5-6-7-8-9-10-16-13-11-15(4-2)12-14-16/h4,6-7,11-14H,2-3,5,8-10H2,1H3/b7-6+. The molecule has 0 aliphatic heterocycles. The molecule has 86 valence electrons. The predicted molar refractivity (Wildman–Crippen MR) is 73.5 cm³/mol. The van der Waals surface area contributed by atoms with Gasteiger partial charge < -0.3 is 0 Å². The van der Waals surface area contributed by atoms with Gasteiger partial charge in [-0.3, -0.25) is 0 Å². The maximum Gasteiger partial charge on any atom is -0.0262 e. The second kappa shape index (κ2) is 7.92. The summed E-state index contributed by atoms with van der Waals surface area (Å²) in [7, 11) is 0. The van der Waals surface area contributed by atoms with Crippen LogP contribution in [-0.4, -0.2) is 0 Å². The van der Waals surface area contributed by atoms with Gasteiger partial charge in [-0.25, -0.2) is 0 Å². The van der Waals surface area contributed by atoms with Crippen molar-refractivity contribution in [2.45, 2.75) is 39.0 Å². The Morgan fingerprint density at radius 2 is 1.75 bits per heavy atom. The lowest BCUT2D eigenvalue weighted by molar-refractivity contribution is 0.836. The minimum Gasteiger partial charge on any atom is -0.0985 e. The zero-order chi connectivity index (χ0) is 11.6. The highest BCUT2D eigenvalue weighted by Crippen LogP contribution is 2.09. The van der Waals surface area contributed by atoms with E-state index in [1.54, 1.807) is 0 Å². The summed E-state index contributed by atoms with van der Waals surface area (Å²) in [4.78, 5) is 0. The number of rotatable bonds is 7. The molecule has 0 heterocycles. The Bertz CT molecular complexity index is 316. The molecule has 1 rings (SSSR count). The maximum atomic E-state index is 3.76. The first kappa shape index (κ1) is 12.8. The van der Waals surface area contributed by atoms with E-state index in [2.05, 4.69) is 49.9 Å². The van der Waals surface area contributed by atoms with Crippen LogP contribution >= 0.6 is 0 Å². The molecule has 0 unspecified atom stereocenters. The second-order valence-electron chi connectivity index (χ2n) is 4.10. The van der Waals surface area contributed by atoms with E-state index in [1.165, 1.54) is 43.2 Å². The van der Waals surface area contributed by atoms with Crippen LogP contribution < -0.4 is 0 Å². The largest absolute Gasteiger partial charge is 0.0985 e. The summed E-state index contributed by atoms with van der Waals surface area (Å²) in [6.45, 7) is 5.97. The molecule has 0 fully saturated rings. The highest BCUT2D eigenvalue weighted by Gasteiger charge is 1.92. The summed E-state index contributed by atoms with van der Waals surface area (Å²) < 4.78 is 0. The van der Waals surface area contributed by atoms with Crippen molar-refractivity contribution in [3.63, 3.8) is 0 Å². The first-order valence-electron chi connectivity index (χ1n) is 6.23. The predicted octanol–water partition coefficient (Wildman–Crippen LogP) is 5.01. The molecule has 0 radical (unpaired) electrons. The lowest BCUT2D eigenvalue weighted by Gasteiger charge is -2.00. The van der Waals surface area contributed by atoms with Gasteiger partial charge in [0.25, 0.3) is 0 Å². The summed E-state index contributed by atoms with van der Waals surface area (Å²) >= 11 is 0. The average Bonchev–Trinajstić information content (AvgIpc) is 2.34. The second-order valence-corrected chi connectivity index (χ2v) is 4.10. The molecule has 0 saturated carbocycles. The Balaban J connectivity index is 2.24. The number of aryl methyl sites for hydroxylation is 1. The number of benzene rings is 1. The first-order valence-corrected chi connectivity index (χ1v) is 6.23. The molecule has 0 bridgehead atoms. The summed E-state index contributed by atoms with van der Waals surface area (Å²) in [5.74, 6) is 0. The topological polar surface area (TPSA) is 0 Å². The van der Waals surface area contributed by atoms with E-state index in [4.69, 9.17) is 0 Å². The molecule has 0 amide bonds. The molecule has 0 aromatic heterocycles. The first-order chi connectivity index (χ1) is 7.86. The van der Waals surface area contributed by atoms with Gasteiger partial charge in [0.2, 0.25) is 0 Å². The van der Waals surface area contributed by atoms with Gasteiger partial charge in [0, 0.05) is 0 Å². The lowest BCUT2D eigenvalue weighted by atomic mass is 10.1. The third kappa shape index (κ3) is 4.97. The summed E-state index contributed by atoms with van der Waals surface area (Å²) in [5.41, 5.74) is 2.63. The van der Waals surface area contributed by atoms with E-state index in [9.17, 15) is 0 Å².